The number of nitrogens with two attached hydrogens (primary N) is 1. The highest BCUT2D eigenvalue weighted by molar-refractivity contribution is 5.30. The second-order valence-electron chi connectivity index (χ2n) is 4.25. The number of ether oxygens (including phenoxy) is 1. The molecule has 0 saturated heterocycles. The van der Waals surface area contributed by atoms with E-state index in [0.29, 0.717) is 23.8 Å². The Kier molecular flexibility index (Phi) is 4.74. The van der Waals surface area contributed by atoms with Crippen molar-refractivity contribution in [2.24, 2.45) is 11.7 Å². The van der Waals surface area contributed by atoms with E-state index in [2.05, 4.69) is 13.8 Å². The summed E-state index contributed by atoms with van der Waals surface area (Å²) in [7, 11) is 0. The zero-order valence-electron chi connectivity index (χ0n) is 10.2. The first-order valence-corrected chi connectivity index (χ1v) is 5.69. The largest absolute Gasteiger partial charge is 0.489 e. The fourth-order valence-corrected chi connectivity index (χ4v) is 1.38. The van der Waals surface area contributed by atoms with Crippen molar-refractivity contribution in [3.05, 3.63) is 29.6 Å². The van der Waals surface area contributed by atoms with E-state index < -0.39 is 0 Å². The molecular weight excluding hydrogens is 205 g/mol. The maximum Gasteiger partial charge on any atom is 0.167 e. The highest BCUT2D eigenvalue weighted by Crippen LogP contribution is 2.20. The Morgan fingerprint density at radius 2 is 2.12 bits per heavy atom. The van der Waals surface area contributed by atoms with Crippen LogP contribution in [0.3, 0.4) is 0 Å². The van der Waals surface area contributed by atoms with Crippen LogP contribution in [-0.4, -0.2) is 12.6 Å². The average molecular weight is 225 g/mol. The number of hydrogen-bond donors (Lipinski definition) is 1. The first kappa shape index (κ1) is 13.0. The van der Waals surface area contributed by atoms with Gasteiger partial charge in [-0.1, -0.05) is 32.4 Å². The summed E-state index contributed by atoms with van der Waals surface area (Å²) in [6, 6.07) is 5.08. The lowest BCUT2D eigenvalue weighted by Crippen LogP contribution is -2.34. The average Bonchev–Trinajstić information content (AvgIpc) is 2.29. The number of hydrogen-bond acceptors (Lipinski definition) is 2. The molecule has 0 spiro atoms. The van der Waals surface area contributed by atoms with Crippen LogP contribution in [0.15, 0.2) is 18.2 Å². The summed E-state index contributed by atoms with van der Waals surface area (Å²) in [5, 5.41) is 0. The zero-order chi connectivity index (χ0) is 12.1. The number of aryl methyl sites for hydroxylation is 1. The van der Waals surface area contributed by atoms with Crippen molar-refractivity contribution in [3.8, 4) is 5.75 Å². The molecule has 2 nitrogen and oxygen atoms in total. The molecule has 1 rings (SSSR count). The lowest BCUT2D eigenvalue weighted by Gasteiger charge is -2.19. The van der Waals surface area contributed by atoms with Crippen molar-refractivity contribution in [1.82, 2.24) is 0 Å². The number of benzene rings is 1. The Balaban J connectivity index is 2.58. The second kappa shape index (κ2) is 5.85. The molecule has 3 heteroatoms. The number of rotatable bonds is 5. The lowest BCUT2D eigenvalue weighted by atomic mass is 10.0. The maximum absolute atomic E-state index is 13.6. The Morgan fingerprint density at radius 1 is 1.44 bits per heavy atom. The predicted molar refractivity (Wildman–Crippen MR) is 64.1 cm³/mol. The van der Waals surface area contributed by atoms with E-state index in [9.17, 15) is 4.39 Å². The van der Waals surface area contributed by atoms with Crippen LogP contribution in [0.4, 0.5) is 4.39 Å². The zero-order valence-corrected chi connectivity index (χ0v) is 10.2. The summed E-state index contributed by atoms with van der Waals surface area (Å²) in [5.74, 6) is 0.380. The van der Waals surface area contributed by atoms with Gasteiger partial charge in [0.1, 0.15) is 6.61 Å². The molecule has 0 aliphatic rings. The van der Waals surface area contributed by atoms with E-state index in [1.54, 1.807) is 25.1 Å². The predicted octanol–water partition coefficient (Wildman–Crippen LogP) is 2.89. The molecule has 0 aromatic heterocycles. The molecule has 0 bridgehead atoms. The van der Waals surface area contributed by atoms with Crippen LogP contribution in [-0.2, 0) is 0 Å². The molecule has 2 atom stereocenters. The molecule has 0 radical (unpaired) electrons. The van der Waals surface area contributed by atoms with Gasteiger partial charge in [0.25, 0.3) is 0 Å². The van der Waals surface area contributed by atoms with Gasteiger partial charge in [-0.05, 0) is 24.5 Å². The first-order valence-electron chi connectivity index (χ1n) is 5.69. The smallest absolute Gasteiger partial charge is 0.167 e. The SMILES string of the molecule is CCC(C)C(N)COc1cccc(C)c1F. The van der Waals surface area contributed by atoms with Crippen LogP contribution in [0.2, 0.25) is 0 Å². The fourth-order valence-electron chi connectivity index (χ4n) is 1.38. The topological polar surface area (TPSA) is 35.2 Å². The van der Waals surface area contributed by atoms with Crippen LogP contribution in [0.5, 0.6) is 5.75 Å². The third kappa shape index (κ3) is 3.20. The van der Waals surface area contributed by atoms with Gasteiger partial charge >= 0.3 is 0 Å². The van der Waals surface area contributed by atoms with Gasteiger partial charge in [0.05, 0.1) is 0 Å². The molecule has 2 unspecified atom stereocenters. The van der Waals surface area contributed by atoms with Gasteiger partial charge in [0.2, 0.25) is 0 Å². The molecule has 16 heavy (non-hydrogen) atoms. The molecule has 0 amide bonds. The van der Waals surface area contributed by atoms with Crippen molar-refractivity contribution >= 4 is 0 Å². The van der Waals surface area contributed by atoms with Crippen molar-refractivity contribution in [2.75, 3.05) is 6.61 Å². The standard InChI is InChI=1S/C13H20FNO/c1-4-9(2)11(15)8-16-12-7-5-6-10(3)13(12)14/h5-7,9,11H,4,8,15H2,1-3H3. The van der Waals surface area contributed by atoms with Crippen LogP contribution in [0, 0.1) is 18.7 Å². The summed E-state index contributed by atoms with van der Waals surface area (Å²) < 4.78 is 19.0. The van der Waals surface area contributed by atoms with E-state index in [-0.39, 0.29) is 11.9 Å². The summed E-state index contributed by atoms with van der Waals surface area (Å²) >= 11 is 0. The summed E-state index contributed by atoms with van der Waals surface area (Å²) in [5.41, 5.74) is 6.51. The fraction of sp³-hybridized carbons (Fsp3) is 0.538. The molecule has 90 valence electrons. The van der Waals surface area contributed by atoms with E-state index >= 15 is 0 Å². The molecule has 1 aromatic rings. The van der Waals surface area contributed by atoms with Gasteiger partial charge < -0.3 is 10.5 Å². The molecule has 0 fully saturated rings. The third-order valence-electron chi connectivity index (χ3n) is 2.96. The first-order chi connectivity index (χ1) is 7.56. The normalized spacial score (nSPS) is 14.6. The monoisotopic (exact) mass is 225 g/mol. The van der Waals surface area contributed by atoms with Crippen LogP contribution >= 0.6 is 0 Å². The Hall–Kier alpha value is -1.09. The van der Waals surface area contributed by atoms with E-state index in [1.165, 1.54) is 0 Å². The molecule has 1 aromatic carbocycles. The Morgan fingerprint density at radius 3 is 2.75 bits per heavy atom. The molecule has 2 N–H and O–H groups in total. The summed E-state index contributed by atoms with van der Waals surface area (Å²) in [4.78, 5) is 0. The van der Waals surface area contributed by atoms with Crippen LogP contribution in [0.1, 0.15) is 25.8 Å². The highest BCUT2D eigenvalue weighted by Gasteiger charge is 2.13. The van der Waals surface area contributed by atoms with Crippen LogP contribution in [0.25, 0.3) is 0 Å². The molecule has 0 heterocycles. The Labute approximate surface area is 96.6 Å². The second-order valence-corrected chi connectivity index (χ2v) is 4.25. The van der Waals surface area contributed by atoms with Gasteiger partial charge in [0, 0.05) is 6.04 Å². The third-order valence-corrected chi connectivity index (χ3v) is 2.96. The summed E-state index contributed by atoms with van der Waals surface area (Å²) in [6.45, 7) is 6.23. The minimum absolute atomic E-state index is 0.0510. The van der Waals surface area contributed by atoms with E-state index in [4.69, 9.17) is 10.5 Å². The molecular formula is C13H20FNO. The highest BCUT2D eigenvalue weighted by atomic mass is 19.1. The molecule has 0 saturated carbocycles. The maximum atomic E-state index is 13.6. The van der Waals surface area contributed by atoms with Crippen molar-refractivity contribution < 1.29 is 9.13 Å². The minimum Gasteiger partial charge on any atom is -0.489 e. The number of halogens is 1. The van der Waals surface area contributed by atoms with Gasteiger partial charge in [-0.2, -0.15) is 0 Å². The van der Waals surface area contributed by atoms with Crippen molar-refractivity contribution in [1.29, 1.82) is 0 Å². The summed E-state index contributed by atoms with van der Waals surface area (Å²) in [6.07, 6.45) is 1.00. The lowest BCUT2D eigenvalue weighted by molar-refractivity contribution is 0.241. The quantitative estimate of drug-likeness (QED) is 0.836. The van der Waals surface area contributed by atoms with E-state index in [0.717, 1.165) is 6.42 Å². The van der Waals surface area contributed by atoms with Crippen molar-refractivity contribution in [3.63, 3.8) is 0 Å². The van der Waals surface area contributed by atoms with E-state index in [1.807, 2.05) is 0 Å². The molecule has 0 aliphatic heterocycles. The van der Waals surface area contributed by atoms with Crippen LogP contribution < -0.4 is 10.5 Å². The van der Waals surface area contributed by atoms with Gasteiger partial charge in [0.15, 0.2) is 11.6 Å². The van der Waals surface area contributed by atoms with Gasteiger partial charge in [-0.25, -0.2) is 4.39 Å². The van der Waals surface area contributed by atoms with Gasteiger partial charge in [-0.15, -0.1) is 0 Å². The van der Waals surface area contributed by atoms with Gasteiger partial charge in [-0.3, -0.25) is 0 Å². The molecule has 0 aliphatic carbocycles. The Bertz CT molecular complexity index is 341. The minimum atomic E-state index is -0.293. The van der Waals surface area contributed by atoms with Crippen molar-refractivity contribution in [2.45, 2.75) is 33.2 Å².